The largest absolute Gasteiger partial charge is 0.379 e. The van der Waals surface area contributed by atoms with E-state index in [9.17, 15) is 0 Å². The molecule has 3 rings (SSSR count). The zero-order chi connectivity index (χ0) is 15.4. The second kappa shape index (κ2) is 7.75. The van der Waals surface area contributed by atoms with Crippen LogP contribution >= 0.6 is 11.6 Å². The minimum Gasteiger partial charge on any atom is -0.379 e. The predicted molar refractivity (Wildman–Crippen MR) is 88.4 cm³/mol. The Morgan fingerprint density at radius 3 is 2.82 bits per heavy atom. The van der Waals surface area contributed by atoms with Crippen LogP contribution in [0.2, 0.25) is 5.02 Å². The summed E-state index contributed by atoms with van der Waals surface area (Å²) >= 11 is 6.19. The van der Waals surface area contributed by atoms with Crippen molar-refractivity contribution in [2.75, 3.05) is 39.5 Å². The van der Waals surface area contributed by atoms with Crippen molar-refractivity contribution in [2.45, 2.75) is 31.5 Å². The summed E-state index contributed by atoms with van der Waals surface area (Å²) in [6, 6.07) is 8.99. The Balaban J connectivity index is 1.70. The molecule has 1 aromatic carbocycles. The Morgan fingerprint density at radius 1 is 1.32 bits per heavy atom. The molecular formula is C17H25ClN2O2. The zero-order valence-electron chi connectivity index (χ0n) is 13.1. The van der Waals surface area contributed by atoms with Crippen molar-refractivity contribution in [1.29, 1.82) is 0 Å². The molecule has 0 bridgehead atoms. The van der Waals surface area contributed by atoms with Crippen LogP contribution < -0.4 is 5.32 Å². The molecule has 0 radical (unpaired) electrons. The van der Waals surface area contributed by atoms with Crippen LogP contribution in [0.25, 0.3) is 0 Å². The molecule has 0 aliphatic carbocycles. The van der Waals surface area contributed by atoms with E-state index in [1.54, 1.807) is 0 Å². The van der Waals surface area contributed by atoms with Crippen molar-refractivity contribution in [3.8, 4) is 0 Å². The maximum Gasteiger partial charge on any atom is 0.0700 e. The van der Waals surface area contributed by atoms with E-state index >= 15 is 0 Å². The summed E-state index contributed by atoms with van der Waals surface area (Å²) in [5, 5.41) is 4.50. The molecule has 0 spiro atoms. The van der Waals surface area contributed by atoms with E-state index in [0.29, 0.717) is 18.2 Å². The van der Waals surface area contributed by atoms with Crippen molar-refractivity contribution in [3.05, 3.63) is 34.9 Å². The van der Waals surface area contributed by atoms with E-state index in [1.807, 2.05) is 12.1 Å². The van der Waals surface area contributed by atoms with Gasteiger partial charge in [0.2, 0.25) is 0 Å². The molecule has 2 aliphatic rings. The summed E-state index contributed by atoms with van der Waals surface area (Å²) in [4.78, 5) is 2.49. The molecule has 0 amide bonds. The summed E-state index contributed by atoms with van der Waals surface area (Å²) < 4.78 is 11.1. The summed E-state index contributed by atoms with van der Waals surface area (Å²) in [5.41, 5.74) is 1.27. The molecule has 3 atom stereocenters. The lowest BCUT2D eigenvalue weighted by molar-refractivity contribution is 0.0149. The van der Waals surface area contributed by atoms with Crippen molar-refractivity contribution < 1.29 is 9.47 Å². The highest BCUT2D eigenvalue weighted by molar-refractivity contribution is 6.30. The van der Waals surface area contributed by atoms with Crippen molar-refractivity contribution in [2.24, 2.45) is 0 Å². The smallest absolute Gasteiger partial charge is 0.0700 e. The number of ether oxygens (including phenoxy) is 2. The van der Waals surface area contributed by atoms with Crippen molar-refractivity contribution in [3.63, 3.8) is 0 Å². The molecule has 22 heavy (non-hydrogen) atoms. The third-order valence-corrected chi connectivity index (χ3v) is 4.90. The molecule has 122 valence electrons. The SMILES string of the molecule is C[C@@H]1OCC[C@H]1NC[C@H](c1cccc(Cl)c1)N1CCOCC1. The van der Waals surface area contributed by atoms with Crippen LogP contribution in [0.5, 0.6) is 0 Å². The van der Waals surface area contributed by atoms with Crippen LogP contribution in [-0.4, -0.2) is 56.5 Å². The van der Waals surface area contributed by atoms with Crippen LogP contribution in [0.15, 0.2) is 24.3 Å². The number of hydrogen-bond acceptors (Lipinski definition) is 4. The standard InChI is InChI=1S/C17H25ClN2O2/c1-13-16(5-8-22-13)19-12-17(20-6-9-21-10-7-20)14-3-2-4-15(18)11-14/h2-4,11,13,16-17,19H,5-10,12H2,1H3/t13-,16+,17+/m0/s1. The number of nitrogens with zero attached hydrogens (tertiary/aromatic N) is 1. The fourth-order valence-corrected chi connectivity index (χ4v) is 3.52. The van der Waals surface area contributed by atoms with Crippen LogP contribution in [0.3, 0.4) is 0 Å². The van der Waals surface area contributed by atoms with Gasteiger partial charge in [-0.05, 0) is 31.0 Å². The molecule has 1 N–H and O–H groups in total. The molecule has 2 heterocycles. The Morgan fingerprint density at radius 2 is 2.14 bits per heavy atom. The van der Waals surface area contributed by atoms with Gasteiger partial charge in [0.1, 0.15) is 0 Å². The normalized spacial score (nSPS) is 27.9. The predicted octanol–water partition coefficient (Wildman–Crippen LogP) is 2.48. The highest BCUT2D eigenvalue weighted by Crippen LogP contribution is 2.25. The third kappa shape index (κ3) is 4.00. The van der Waals surface area contributed by atoms with E-state index in [0.717, 1.165) is 50.9 Å². The second-order valence-corrected chi connectivity index (χ2v) is 6.53. The first-order chi connectivity index (χ1) is 10.7. The molecule has 4 nitrogen and oxygen atoms in total. The molecule has 2 saturated heterocycles. The van der Waals surface area contributed by atoms with Gasteiger partial charge in [-0.1, -0.05) is 23.7 Å². The average Bonchev–Trinajstić information content (AvgIpc) is 2.94. The topological polar surface area (TPSA) is 33.7 Å². The van der Waals surface area contributed by atoms with E-state index in [2.05, 4.69) is 29.3 Å². The number of morpholine rings is 1. The number of halogens is 1. The minimum absolute atomic E-state index is 0.296. The zero-order valence-corrected chi connectivity index (χ0v) is 13.9. The highest BCUT2D eigenvalue weighted by Gasteiger charge is 2.27. The van der Waals surface area contributed by atoms with Gasteiger partial charge in [0.25, 0.3) is 0 Å². The van der Waals surface area contributed by atoms with Crippen molar-refractivity contribution >= 4 is 11.6 Å². The summed E-state index contributed by atoms with van der Waals surface area (Å²) in [7, 11) is 0. The third-order valence-electron chi connectivity index (χ3n) is 4.67. The van der Waals surface area contributed by atoms with Gasteiger partial charge in [0.15, 0.2) is 0 Å². The summed E-state index contributed by atoms with van der Waals surface area (Å²) in [6.07, 6.45) is 1.39. The monoisotopic (exact) mass is 324 g/mol. The van der Waals surface area contributed by atoms with Crippen LogP contribution in [0.4, 0.5) is 0 Å². The number of rotatable bonds is 5. The maximum atomic E-state index is 6.19. The van der Waals surface area contributed by atoms with Crippen LogP contribution in [-0.2, 0) is 9.47 Å². The van der Waals surface area contributed by atoms with Gasteiger partial charge in [-0.25, -0.2) is 0 Å². The molecule has 0 saturated carbocycles. The molecule has 1 aromatic rings. The van der Waals surface area contributed by atoms with Gasteiger partial charge >= 0.3 is 0 Å². The van der Waals surface area contributed by atoms with Gasteiger partial charge in [-0.2, -0.15) is 0 Å². The molecular weight excluding hydrogens is 300 g/mol. The number of benzene rings is 1. The first-order valence-corrected chi connectivity index (χ1v) is 8.54. The Labute approximate surface area is 137 Å². The van der Waals surface area contributed by atoms with Gasteiger partial charge in [0.05, 0.1) is 19.3 Å². The van der Waals surface area contributed by atoms with Crippen molar-refractivity contribution in [1.82, 2.24) is 10.2 Å². The number of nitrogens with one attached hydrogen (secondary N) is 1. The first kappa shape index (κ1) is 16.2. The van der Waals surface area contributed by atoms with E-state index < -0.39 is 0 Å². The molecule has 2 aliphatic heterocycles. The molecule has 0 aromatic heterocycles. The Kier molecular flexibility index (Phi) is 5.71. The number of hydrogen-bond donors (Lipinski definition) is 1. The van der Waals surface area contributed by atoms with Crippen LogP contribution in [0, 0.1) is 0 Å². The molecule has 0 unspecified atom stereocenters. The fourth-order valence-electron chi connectivity index (χ4n) is 3.32. The average molecular weight is 325 g/mol. The van der Waals surface area contributed by atoms with E-state index in [4.69, 9.17) is 21.1 Å². The lowest BCUT2D eigenvalue weighted by Gasteiger charge is -2.36. The Hall–Kier alpha value is -0.650. The molecule has 2 fully saturated rings. The summed E-state index contributed by atoms with van der Waals surface area (Å²) in [5.74, 6) is 0. The minimum atomic E-state index is 0.296. The fraction of sp³-hybridized carbons (Fsp3) is 0.647. The highest BCUT2D eigenvalue weighted by atomic mass is 35.5. The lowest BCUT2D eigenvalue weighted by atomic mass is 10.0. The molecule has 5 heteroatoms. The van der Waals surface area contributed by atoms with Gasteiger partial charge < -0.3 is 14.8 Å². The first-order valence-electron chi connectivity index (χ1n) is 8.16. The van der Waals surface area contributed by atoms with Gasteiger partial charge in [0, 0.05) is 43.3 Å². The maximum absolute atomic E-state index is 6.19. The van der Waals surface area contributed by atoms with Gasteiger partial charge in [-0.15, -0.1) is 0 Å². The lowest BCUT2D eigenvalue weighted by Crippen LogP contribution is -2.45. The quantitative estimate of drug-likeness (QED) is 0.902. The van der Waals surface area contributed by atoms with Crippen LogP contribution in [0.1, 0.15) is 24.9 Å². The van der Waals surface area contributed by atoms with E-state index in [1.165, 1.54) is 5.56 Å². The van der Waals surface area contributed by atoms with Gasteiger partial charge in [-0.3, -0.25) is 4.90 Å². The van der Waals surface area contributed by atoms with E-state index in [-0.39, 0.29) is 0 Å². The Bertz CT molecular complexity index is 479. The second-order valence-electron chi connectivity index (χ2n) is 6.10. The summed E-state index contributed by atoms with van der Waals surface area (Å²) in [6.45, 7) is 7.47.